The van der Waals surface area contributed by atoms with E-state index in [-0.39, 0.29) is 0 Å². The lowest BCUT2D eigenvalue weighted by Crippen LogP contribution is -2.26. The maximum Gasteiger partial charge on any atom is 0.215 e. The molecule has 0 aliphatic carbocycles. The van der Waals surface area contributed by atoms with E-state index >= 15 is 0 Å². The van der Waals surface area contributed by atoms with Gasteiger partial charge in [0.2, 0.25) is 5.13 Å². The Labute approximate surface area is 213 Å². The van der Waals surface area contributed by atoms with Crippen LogP contribution < -0.4 is 10.6 Å². The molecule has 0 saturated heterocycles. The number of nitrogens with two attached hydrogens (primary N) is 1. The van der Waals surface area contributed by atoms with Gasteiger partial charge >= 0.3 is 0 Å². The van der Waals surface area contributed by atoms with E-state index in [1.165, 1.54) is 0 Å². The van der Waals surface area contributed by atoms with Gasteiger partial charge in [0.25, 0.3) is 0 Å². The van der Waals surface area contributed by atoms with Crippen molar-refractivity contribution < 1.29 is 4.74 Å². The number of fused-ring (bicyclic) bond motifs is 1. The second-order valence-corrected chi connectivity index (χ2v) is 16.6. The Kier molecular flexibility index (Phi) is 9.09. The zero-order valence-corrected chi connectivity index (χ0v) is 23.7. The van der Waals surface area contributed by atoms with Crippen LogP contribution in [-0.4, -0.2) is 54.8 Å². The molecular weight excluding hydrogens is 474 g/mol. The van der Waals surface area contributed by atoms with Gasteiger partial charge in [-0.2, -0.15) is 0 Å². The third-order valence-corrected chi connectivity index (χ3v) is 8.42. The lowest BCUT2D eigenvalue weighted by Gasteiger charge is -2.22. The second kappa shape index (κ2) is 11.8. The summed E-state index contributed by atoms with van der Waals surface area (Å²) in [5.41, 5.74) is 10.4. The minimum atomic E-state index is -1.19. The summed E-state index contributed by atoms with van der Waals surface area (Å²) in [6.07, 6.45) is 4.32. The molecule has 0 aliphatic heterocycles. The van der Waals surface area contributed by atoms with Crippen molar-refractivity contribution in [3.05, 3.63) is 40.7 Å². The van der Waals surface area contributed by atoms with Crippen molar-refractivity contribution in [1.82, 2.24) is 20.2 Å². The van der Waals surface area contributed by atoms with Gasteiger partial charge in [0, 0.05) is 56.9 Å². The highest BCUT2D eigenvalue weighted by molar-refractivity contribution is 7.15. The van der Waals surface area contributed by atoms with Gasteiger partial charge in [0.05, 0.1) is 11.0 Å². The molecule has 8 nitrogen and oxygen atoms in total. The van der Waals surface area contributed by atoms with E-state index in [0.29, 0.717) is 19.3 Å². The minimum Gasteiger partial charge on any atom is -0.402 e. The van der Waals surface area contributed by atoms with Crippen LogP contribution in [0.2, 0.25) is 25.7 Å². The molecule has 10 heteroatoms. The van der Waals surface area contributed by atoms with E-state index in [1.54, 1.807) is 24.6 Å². The number of aromatic nitrogens is 4. The number of nitrogens with zero attached hydrogens (tertiary/aromatic N) is 6. The van der Waals surface area contributed by atoms with Crippen LogP contribution in [0.3, 0.4) is 0 Å². The molecule has 0 fully saturated rings. The molecular formula is C25H37N7OSSi. The average molecular weight is 512 g/mol. The fourth-order valence-electron chi connectivity index (χ4n) is 3.28. The van der Waals surface area contributed by atoms with Crippen LogP contribution in [0.1, 0.15) is 43.7 Å². The fraction of sp³-hybridized carbons (Fsp3) is 0.480. The third kappa shape index (κ3) is 7.15. The topological polar surface area (TPSA) is 102 Å². The van der Waals surface area contributed by atoms with E-state index in [1.807, 2.05) is 36.2 Å². The van der Waals surface area contributed by atoms with Gasteiger partial charge in [-0.15, -0.1) is 10.2 Å². The minimum absolute atomic E-state index is 0.307. The average Bonchev–Trinajstić information content (AvgIpc) is 3.31. The Morgan fingerprint density at radius 3 is 2.63 bits per heavy atom. The first-order valence-electron chi connectivity index (χ1n) is 12.0. The molecule has 0 aliphatic rings. The van der Waals surface area contributed by atoms with E-state index in [9.17, 15) is 0 Å². The largest absolute Gasteiger partial charge is 0.402 e. The monoisotopic (exact) mass is 511 g/mol. The van der Waals surface area contributed by atoms with E-state index in [0.717, 1.165) is 56.3 Å². The molecule has 0 bridgehead atoms. The van der Waals surface area contributed by atoms with Gasteiger partial charge < -0.3 is 10.5 Å². The summed E-state index contributed by atoms with van der Waals surface area (Å²) in [6.45, 7) is 14.4. The number of aliphatic imine (C=N–C) groups is 1. The first-order chi connectivity index (χ1) is 16.6. The third-order valence-electron chi connectivity index (χ3n) is 5.47. The molecule has 188 valence electrons. The Balaban J connectivity index is 1.99. The summed E-state index contributed by atoms with van der Waals surface area (Å²) in [5.74, 6) is 1.05. The quantitative estimate of drug-likeness (QED) is 0.149. The molecule has 0 atom stereocenters. The van der Waals surface area contributed by atoms with Crippen molar-refractivity contribution in [3.8, 4) is 0 Å². The summed E-state index contributed by atoms with van der Waals surface area (Å²) in [5, 5.41) is 10.6. The van der Waals surface area contributed by atoms with Crippen molar-refractivity contribution in [1.29, 1.82) is 0 Å². The normalized spacial score (nSPS) is 13.1. The molecule has 35 heavy (non-hydrogen) atoms. The summed E-state index contributed by atoms with van der Waals surface area (Å²) in [4.78, 5) is 15.7. The van der Waals surface area contributed by atoms with Crippen LogP contribution >= 0.6 is 11.3 Å². The van der Waals surface area contributed by atoms with E-state index in [2.05, 4.69) is 53.7 Å². The number of ether oxygens (including phenoxy) is 1. The van der Waals surface area contributed by atoms with Crippen LogP contribution in [0.15, 0.2) is 35.1 Å². The van der Waals surface area contributed by atoms with Gasteiger partial charge in [0.1, 0.15) is 17.6 Å². The standard InChI is InChI=1S/C25H37N7OSSi/c1-8-20(26)19(15-27-4)18-13-22-21(28-14-18)9-10-23(29-22)32(16-33-11-12-35(5,6)7)25-31-30-24(34-25)17(2)3/h9-10,13-15,17H,8,11-12,16,26H2,1-7H3. The van der Waals surface area contributed by atoms with Crippen LogP contribution in [0.5, 0.6) is 0 Å². The Bertz CT molecular complexity index is 1200. The van der Waals surface area contributed by atoms with Crippen molar-refractivity contribution in [2.75, 3.05) is 25.3 Å². The number of allylic oxidation sites excluding steroid dienone is 2. The first kappa shape index (κ1) is 26.9. The predicted molar refractivity (Wildman–Crippen MR) is 150 cm³/mol. The Morgan fingerprint density at radius 2 is 2.00 bits per heavy atom. The first-order valence-corrected chi connectivity index (χ1v) is 16.5. The molecule has 0 spiro atoms. The number of hydrogen-bond donors (Lipinski definition) is 1. The molecule has 0 unspecified atom stereocenters. The van der Waals surface area contributed by atoms with Gasteiger partial charge in [-0.3, -0.25) is 14.9 Å². The summed E-state index contributed by atoms with van der Waals surface area (Å²) >= 11 is 1.57. The number of hydrogen-bond acceptors (Lipinski definition) is 9. The van der Waals surface area contributed by atoms with Gasteiger partial charge in [-0.25, -0.2) is 4.98 Å². The fourth-order valence-corrected chi connectivity index (χ4v) is 4.88. The Morgan fingerprint density at radius 1 is 1.23 bits per heavy atom. The summed E-state index contributed by atoms with van der Waals surface area (Å²) < 4.78 is 6.10. The summed E-state index contributed by atoms with van der Waals surface area (Å²) in [7, 11) is 0.548. The predicted octanol–water partition coefficient (Wildman–Crippen LogP) is 5.84. The maximum atomic E-state index is 6.26. The highest BCUT2D eigenvalue weighted by Gasteiger charge is 2.19. The van der Waals surface area contributed by atoms with Gasteiger partial charge in [-0.1, -0.05) is 51.7 Å². The van der Waals surface area contributed by atoms with Crippen molar-refractivity contribution >= 4 is 53.2 Å². The number of rotatable bonds is 11. The molecule has 0 amide bonds. The van der Waals surface area contributed by atoms with Crippen molar-refractivity contribution in [3.63, 3.8) is 0 Å². The second-order valence-electron chi connectivity index (χ2n) is 9.97. The highest BCUT2D eigenvalue weighted by atomic mass is 32.1. The molecule has 3 heterocycles. The molecule has 2 N–H and O–H groups in total. The number of pyridine rings is 2. The van der Waals surface area contributed by atoms with Gasteiger partial charge in [0.15, 0.2) is 0 Å². The van der Waals surface area contributed by atoms with E-state index in [4.69, 9.17) is 15.5 Å². The summed E-state index contributed by atoms with van der Waals surface area (Å²) in [6, 6.07) is 7.04. The lowest BCUT2D eigenvalue weighted by molar-refractivity contribution is 0.153. The zero-order valence-electron chi connectivity index (χ0n) is 21.9. The maximum absolute atomic E-state index is 6.26. The van der Waals surface area contributed by atoms with Crippen LogP contribution in [-0.2, 0) is 4.74 Å². The van der Waals surface area contributed by atoms with Gasteiger partial charge in [-0.05, 0) is 30.7 Å². The molecule has 0 radical (unpaired) electrons. The Hall–Kier alpha value is -2.69. The lowest BCUT2D eigenvalue weighted by atomic mass is 10.0. The van der Waals surface area contributed by atoms with Crippen LogP contribution in [0, 0.1) is 0 Å². The van der Waals surface area contributed by atoms with Crippen molar-refractivity contribution in [2.24, 2.45) is 10.7 Å². The SMILES string of the molecule is CCC(N)=C(C=NC)c1cnc2ccc(N(COCC[Si](C)(C)C)c3nnc(C(C)C)s3)nc2c1. The zero-order chi connectivity index (χ0) is 25.6. The van der Waals surface area contributed by atoms with E-state index < -0.39 is 8.07 Å². The molecule has 3 rings (SSSR count). The smallest absolute Gasteiger partial charge is 0.215 e. The number of anilines is 2. The highest BCUT2D eigenvalue weighted by Crippen LogP contribution is 2.31. The molecule has 3 aromatic heterocycles. The molecule has 3 aromatic rings. The van der Waals surface area contributed by atoms with Crippen LogP contribution in [0.25, 0.3) is 16.6 Å². The molecule has 0 aromatic carbocycles. The van der Waals surface area contributed by atoms with Crippen molar-refractivity contribution in [2.45, 2.75) is 58.8 Å². The molecule has 0 saturated carbocycles. The van der Waals surface area contributed by atoms with Crippen LogP contribution in [0.4, 0.5) is 10.9 Å².